The molecule has 1 aromatic carbocycles. The van der Waals surface area contributed by atoms with Gasteiger partial charge in [0.05, 0.1) is 0 Å². The minimum atomic E-state index is -0.179. The molecule has 2 N–H and O–H groups in total. The van der Waals surface area contributed by atoms with Crippen LogP contribution in [0.15, 0.2) is 18.2 Å². The van der Waals surface area contributed by atoms with Crippen LogP contribution in [0, 0.1) is 5.82 Å². The van der Waals surface area contributed by atoms with Crippen LogP contribution < -0.4 is 10.6 Å². The van der Waals surface area contributed by atoms with Gasteiger partial charge in [-0.05, 0) is 70.6 Å². The predicted molar refractivity (Wildman–Crippen MR) is 89.4 cm³/mol. The van der Waals surface area contributed by atoms with E-state index in [9.17, 15) is 4.39 Å². The number of nitrogens with two attached hydrogens (primary N) is 1. The second kappa shape index (κ2) is 9.00. The lowest BCUT2D eigenvalue weighted by molar-refractivity contribution is 0.400. The highest BCUT2D eigenvalue weighted by Gasteiger charge is 2.13. The highest BCUT2D eigenvalue weighted by molar-refractivity contribution is 5.54. The summed E-state index contributed by atoms with van der Waals surface area (Å²) in [6.07, 6.45) is 2.73. The van der Waals surface area contributed by atoms with E-state index in [1.54, 1.807) is 12.1 Å². The van der Waals surface area contributed by atoms with Crippen LogP contribution >= 0.6 is 0 Å². The van der Waals surface area contributed by atoms with Crippen molar-refractivity contribution in [2.45, 2.75) is 39.2 Å². The molecule has 0 aliphatic carbocycles. The van der Waals surface area contributed by atoms with Gasteiger partial charge in [0, 0.05) is 24.8 Å². The number of hydrogen-bond acceptors (Lipinski definition) is 3. The Bertz CT molecular complexity index is 420. The van der Waals surface area contributed by atoms with Gasteiger partial charge in [-0.3, -0.25) is 0 Å². The van der Waals surface area contributed by atoms with Crippen LogP contribution in [0.4, 0.5) is 10.1 Å². The van der Waals surface area contributed by atoms with E-state index in [4.69, 9.17) is 5.73 Å². The van der Waals surface area contributed by atoms with Gasteiger partial charge in [-0.15, -0.1) is 0 Å². The van der Waals surface area contributed by atoms with Crippen LogP contribution in [0.5, 0.6) is 0 Å². The molecule has 4 heteroatoms. The van der Waals surface area contributed by atoms with Gasteiger partial charge >= 0.3 is 0 Å². The first-order chi connectivity index (χ1) is 9.97. The van der Waals surface area contributed by atoms with Crippen molar-refractivity contribution in [3.8, 4) is 0 Å². The maximum Gasteiger partial charge on any atom is 0.123 e. The highest BCUT2D eigenvalue weighted by Crippen LogP contribution is 2.23. The predicted octanol–water partition coefficient (Wildman–Crippen LogP) is 2.88. The number of benzene rings is 1. The first kappa shape index (κ1) is 17.9. The SMILES string of the molecule is CCC(N)Cc1cc(F)ccc1N(CC)CCCN(C)C. The zero-order valence-electron chi connectivity index (χ0n) is 13.9. The Hall–Kier alpha value is -1.13. The van der Waals surface area contributed by atoms with Crippen LogP contribution in [0.1, 0.15) is 32.3 Å². The van der Waals surface area contributed by atoms with Crippen molar-refractivity contribution in [3.63, 3.8) is 0 Å². The van der Waals surface area contributed by atoms with Gasteiger partial charge < -0.3 is 15.5 Å². The summed E-state index contributed by atoms with van der Waals surface area (Å²) in [5.74, 6) is -0.179. The second-order valence-corrected chi connectivity index (χ2v) is 5.88. The molecule has 1 unspecified atom stereocenters. The minimum absolute atomic E-state index is 0.0889. The number of rotatable bonds is 9. The van der Waals surface area contributed by atoms with E-state index in [0.29, 0.717) is 0 Å². The molecule has 0 spiro atoms. The first-order valence-electron chi connectivity index (χ1n) is 7.91. The fourth-order valence-corrected chi connectivity index (χ4v) is 2.48. The van der Waals surface area contributed by atoms with Crippen LogP contribution in [-0.4, -0.2) is 44.7 Å². The quantitative estimate of drug-likeness (QED) is 0.760. The molecule has 0 aliphatic rings. The molecule has 0 radical (unpaired) electrons. The van der Waals surface area contributed by atoms with Gasteiger partial charge in [0.2, 0.25) is 0 Å². The molecule has 0 aromatic heterocycles. The van der Waals surface area contributed by atoms with Gasteiger partial charge in [-0.1, -0.05) is 6.92 Å². The Kier molecular flexibility index (Phi) is 7.68. The summed E-state index contributed by atoms with van der Waals surface area (Å²) in [5, 5.41) is 0. The van der Waals surface area contributed by atoms with Gasteiger partial charge in [0.1, 0.15) is 5.82 Å². The number of hydrogen-bond donors (Lipinski definition) is 1. The number of halogens is 1. The third-order valence-electron chi connectivity index (χ3n) is 3.80. The Labute approximate surface area is 128 Å². The van der Waals surface area contributed by atoms with E-state index in [1.807, 2.05) is 6.07 Å². The summed E-state index contributed by atoms with van der Waals surface area (Å²) in [6.45, 7) is 7.17. The zero-order chi connectivity index (χ0) is 15.8. The van der Waals surface area contributed by atoms with E-state index in [1.165, 1.54) is 0 Å². The molecule has 0 heterocycles. The average molecular weight is 295 g/mol. The fourth-order valence-electron chi connectivity index (χ4n) is 2.48. The van der Waals surface area contributed by atoms with Crippen molar-refractivity contribution in [2.24, 2.45) is 5.73 Å². The van der Waals surface area contributed by atoms with Gasteiger partial charge in [-0.25, -0.2) is 4.39 Å². The maximum atomic E-state index is 13.6. The molecule has 0 aliphatic heterocycles. The van der Waals surface area contributed by atoms with E-state index in [2.05, 4.69) is 37.7 Å². The molecule has 120 valence electrons. The van der Waals surface area contributed by atoms with E-state index in [-0.39, 0.29) is 11.9 Å². The minimum Gasteiger partial charge on any atom is -0.372 e. The monoisotopic (exact) mass is 295 g/mol. The lowest BCUT2D eigenvalue weighted by Crippen LogP contribution is -2.29. The lowest BCUT2D eigenvalue weighted by Gasteiger charge is -2.27. The molecule has 3 nitrogen and oxygen atoms in total. The Morgan fingerprint density at radius 1 is 1.19 bits per heavy atom. The molecule has 0 saturated carbocycles. The van der Waals surface area contributed by atoms with Gasteiger partial charge in [0.15, 0.2) is 0 Å². The lowest BCUT2D eigenvalue weighted by atomic mass is 10.0. The van der Waals surface area contributed by atoms with Crippen LogP contribution in [-0.2, 0) is 6.42 Å². The fraction of sp³-hybridized carbons (Fsp3) is 0.647. The summed E-state index contributed by atoms with van der Waals surface area (Å²) < 4.78 is 13.6. The largest absolute Gasteiger partial charge is 0.372 e. The van der Waals surface area contributed by atoms with Gasteiger partial charge in [0.25, 0.3) is 0 Å². The third kappa shape index (κ3) is 6.02. The summed E-state index contributed by atoms with van der Waals surface area (Å²) in [7, 11) is 4.17. The third-order valence-corrected chi connectivity index (χ3v) is 3.80. The van der Waals surface area contributed by atoms with E-state index < -0.39 is 0 Å². The van der Waals surface area contributed by atoms with Crippen molar-refractivity contribution in [3.05, 3.63) is 29.6 Å². The molecular weight excluding hydrogens is 265 g/mol. The van der Waals surface area contributed by atoms with Gasteiger partial charge in [-0.2, -0.15) is 0 Å². The molecule has 0 bridgehead atoms. The molecular formula is C17H30FN3. The molecule has 1 aromatic rings. The normalized spacial score (nSPS) is 12.7. The van der Waals surface area contributed by atoms with Crippen molar-refractivity contribution >= 4 is 5.69 Å². The maximum absolute atomic E-state index is 13.6. The molecule has 0 amide bonds. The van der Waals surface area contributed by atoms with Crippen LogP contribution in [0.3, 0.4) is 0 Å². The molecule has 1 rings (SSSR count). The second-order valence-electron chi connectivity index (χ2n) is 5.88. The summed E-state index contributed by atoms with van der Waals surface area (Å²) >= 11 is 0. The Balaban J connectivity index is 2.86. The first-order valence-corrected chi connectivity index (χ1v) is 7.91. The summed E-state index contributed by atoms with van der Waals surface area (Å²) in [6, 6.07) is 5.17. The number of nitrogens with zero attached hydrogens (tertiary/aromatic N) is 2. The van der Waals surface area contributed by atoms with Crippen molar-refractivity contribution in [1.29, 1.82) is 0 Å². The standard InChI is InChI=1S/C17H30FN3/c1-5-16(19)13-14-12-15(18)8-9-17(14)21(6-2)11-7-10-20(3)4/h8-9,12,16H,5-7,10-11,13,19H2,1-4H3. The topological polar surface area (TPSA) is 32.5 Å². The van der Waals surface area contributed by atoms with Crippen molar-refractivity contribution in [1.82, 2.24) is 4.90 Å². The molecule has 0 fully saturated rings. The average Bonchev–Trinajstić information content (AvgIpc) is 2.44. The van der Waals surface area contributed by atoms with Crippen LogP contribution in [0.2, 0.25) is 0 Å². The summed E-state index contributed by atoms with van der Waals surface area (Å²) in [4.78, 5) is 4.51. The Morgan fingerprint density at radius 3 is 2.48 bits per heavy atom. The van der Waals surface area contributed by atoms with Crippen molar-refractivity contribution in [2.75, 3.05) is 38.6 Å². The van der Waals surface area contributed by atoms with Crippen molar-refractivity contribution < 1.29 is 4.39 Å². The smallest absolute Gasteiger partial charge is 0.123 e. The highest BCUT2D eigenvalue weighted by atomic mass is 19.1. The molecule has 1 atom stereocenters. The van der Waals surface area contributed by atoms with Crippen LogP contribution in [0.25, 0.3) is 0 Å². The zero-order valence-corrected chi connectivity index (χ0v) is 13.9. The summed E-state index contributed by atoms with van der Waals surface area (Å²) in [5.41, 5.74) is 8.21. The van der Waals surface area contributed by atoms with E-state index in [0.717, 1.165) is 50.1 Å². The van der Waals surface area contributed by atoms with E-state index >= 15 is 0 Å². The Morgan fingerprint density at radius 2 is 1.90 bits per heavy atom. The molecule has 0 saturated heterocycles. The number of anilines is 1. The molecule has 21 heavy (non-hydrogen) atoms.